The van der Waals surface area contributed by atoms with Crippen molar-refractivity contribution in [2.24, 2.45) is 0 Å². The highest BCUT2D eigenvalue weighted by Gasteiger charge is 2.36. The van der Waals surface area contributed by atoms with E-state index in [0.717, 1.165) is 29.0 Å². The highest BCUT2D eigenvalue weighted by molar-refractivity contribution is 7.14. The van der Waals surface area contributed by atoms with Crippen LogP contribution in [0.25, 0.3) is 0 Å². The molecule has 0 aliphatic rings. The first-order valence-corrected chi connectivity index (χ1v) is 10.3. The van der Waals surface area contributed by atoms with Gasteiger partial charge in [0.2, 0.25) is 5.91 Å². The molecule has 0 saturated carbocycles. The molecule has 3 aromatic rings. The summed E-state index contributed by atoms with van der Waals surface area (Å²) in [6, 6.07) is 9.64. The number of thiazole rings is 1. The fourth-order valence-corrected chi connectivity index (χ4v) is 3.90. The predicted molar refractivity (Wildman–Crippen MR) is 113 cm³/mol. The fourth-order valence-electron chi connectivity index (χ4n) is 3.03. The molecular weight excluding hydrogens is 447 g/mol. The maximum Gasteiger partial charge on any atom is 0.420 e. The number of nitro benzene ring substituents is 1. The normalized spacial score (nSPS) is 11.3. The van der Waals surface area contributed by atoms with E-state index in [1.807, 2.05) is 19.1 Å². The quantitative estimate of drug-likeness (QED) is 0.321. The minimum absolute atomic E-state index is 0.262. The van der Waals surface area contributed by atoms with Crippen molar-refractivity contribution in [2.75, 3.05) is 4.90 Å². The Hall–Kier alpha value is -3.47. The lowest BCUT2D eigenvalue weighted by atomic mass is 10.1. The molecular formula is C21H18F3N3O4S. The van der Waals surface area contributed by atoms with E-state index in [0.29, 0.717) is 29.0 Å². The molecule has 0 aliphatic heterocycles. The van der Waals surface area contributed by atoms with Gasteiger partial charge in [0.1, 0.15) is 17.9 Å². The predicted octanol–water partition coefficient (Wildman–Crippen LogP) is 5.90. The van der Waals surface area contributed by atoms with E-state index in [9.17, 15) is 28.1 Å². The van der Waals surface area contributed by atoms with Crippen LogP contribution in [0.4, 0.5) is 29.7 Å². The first-order valence-electron chi connectivity index (χ1n) is 9.43. The van der Waals surface area contributed by atoms with Gasteiger partial charge in [0.25, 0.3) is 5.69 Å². The van der Waals surface area contributed by atoms with E-state index in [2.05, 4.69) is 4.98 Å². The van der Waals surface area contributed by atoms with Crippen LogP contribution in [0, 0.1) is 10.1 Å². The van der Waals surface area contributed by atoms with Crippen molar-refractivity contribution < 1.29 is 27.6 Å². The SMILES string of the molecule is CCc1ccccc1N(C(C)=O)c1nc(COc2ccc([N+](=O)[O-])cc2C(F)(F)F)cs1. The largest absolute Gasteiger partial charge is 0.487 e. The number of non-ortho nitro benzene ring substituents is 1. The van der Waals surface area contributed by atoms with Gasteiger partial charge in [0.05, 0.1) is 16.3 Å². The van der Waals surface area contributed by atoms with E-state index in [1.165, 1.54) is 11.8 Å². The fraction of sp³-hybridized carbons (Fsp3) is 0.238. The van der Waals surface area contributed by atoms with Crippen LogP contribution in [0.3, 0.4) is 0 Å². The number of hydrogen-bond acceptors (Lipinski definition) is 6. The minimum atomic E-state index is -4.83. The Bertz CT molecular complexity index is 1150. The van der Waals surface area contributed by atoms with Crippen molar-refractivity contribution in [3.8, 4) is 5.75 Å². The lowest BCUT2D eigenvalue weighted by molar-refractivity contribution is -0.385. The van der Waals surface area contributed by atoms with E-state index >= 15 is 0 Å². The second-order valence-corrected chi connectivity index (χ2v) is 7.52. The highest BCUT2D eigenvalue weighted by atomic mass is 32.1. The molecule has 7 nitrogen and oxygen atoms in total. The van der Waals surface area contributed by atoms with Crippen molar-refractivity contribution >= 4 is 33.8 Å². The number of para-hydroxylation sites is 1. The number of halogens is 3. The number of nitro groups is 1. The molecule has 1 aromatic heterocycles. The number of amides is 1. The summed E-state index contributed by atoms with van der Waals surface area (Å²) in [5.41, 5.74) is 0.00356. The molecule has 3 rings (SSSR count). The maximum absolute atomic E-state index is 13.3. The molecule has 0 spiro atoms. The Morgan fingerprint density at radius 3 is 2.59 bits per heavy atom. The Labute approximate surface area is 185 Å². The summed E-state index contributed by atoms with van der Waals surface area (Å²) in [5, 5.41) is 12.8. The average molecular weight is 465 g/mol. The maximum atomic E-state index is 13.3. The molecule has 1 amide bonds. The number of ether oxygens (including phenoxy) is 1. The number of aryl methyl sites for hydroxylation is 1. The van der Waals surface area contributed by atoms with Crippen molar-refractivity contribution in [3.05, 3.63) is 74.8 Å². The zero-order valence-electron chi connectivity index (χ0n) is 17.0. The summed E-state index contributed by atoms with van der Waals surface area (Å²) in [6.07, 6.45) is -4.13. The van der Waals surface area contributed by atoms with E-state index in [1.54, 1.807) is 17.5 Å². The Kier molecular flexibility index (Phi) is 6.78. The zero-order chi connectivity index (χ0) is 23.5. The molecule has 1 heterocycles. The van der Waals surface area contributed by atoms with Gasteiger partial charge >= 0.3 is 6.18 Å². The summed E-state index contributed by atoms with van der Waals surface area (Å²) in [6.45, 7) is 3.05. The lowest BCUT2D eigenvalue weighted by Gasteiger charge is -2.21. The molecule has 11 heteroatoms. The van der Waals surface area contributed by atoms with Crippen LogP contribution in [-0.4, -0.2) is 15.8 Å². The van der Waals surface area contributed by atoms with Gasteiger partial charge in [0.15, 0.2) is 5.13 Å². The topological polar surface area (TPSA) is 85.6 Å². The molecule has 32 heavy (non-hydrogen) atoms. The molecule has 2 aromatic carbocycles. The van der Waals surface area contributed by atoms with Crippen LogP contribution >= 0.6 is 11.3 Å². The monoisotopic (exact) mass is 465 g/mol. The number of nitrogens with zero attached hydrogens (tertiary/aromatic N) is 3. The third kappa shape index (κ3) is 5.05. The van der Waals surface area contributed by atoms with Gasteiger partial charge in [-0.3, -0.25) is 19.8 Å². The van der Waals surface area contributed by atoms with Gasteiger partial charge in [-0.15, -0.1) is 11.3 Å². The number of anilines is 2. The summed E-state index contributed by atoms with van der Waals surface area (Å²) in [5.74, 6) is -0.806. The Balaban J connectivity index is 1.85. The molecule has 0 unspecified atom stereocenters. The molecule has 0 atom stereocenters. The molecule has 0 fully saturated rings. The van der Waals surface area contributed by atoms with E-state index in [-0.39, 0.29) is 12.5 Å². The minimum Gasteiger partial charge on any atom is -0.487 e. The van der Waals surface area contributed by atoms with Gasteiger partial charge in [0, 0.05) is 24.4 Å². The standard InChI is InChI=1S/C21H18F3N3O4S/c1-3-14-6-4-5-7-18(14)26(13(2)28)20-25-15(12-32-20)11-31-19-9-8-16(27(29)30)10-17(19)21(22,23)24/h4-10,12H,3,11H2,1-2H3. The smallest absolute Gasteiger partial charge is 0.420 e. The Morgan fingerprint density at radius 1 is 1.25 bits per heavy atom. The van der Waals surface area contributed by atoms with E-state index < -0.39 is 28.1 Å². The summed E-state index contributed by atoms with van der Waals surface area (Å²) in [7, 11) is 0. The van der Waals surface area contributed by atoms with E-state index in [4.69, 9.17) is 4.74 Å². The number of aromatic nitrogens is 1. The second-order valence-electron chi connectivity index (χ2n) is 6.68. The van der Waals surface area contributed by atoms with Crippen molar-refractivity contribution in [2.45, 2.75) is 33.1 Å². The average Bonchev–Trinajstić information content (AvgIpc) is 3.20. The first-order chi connectivity index (χ1) is 15.1. The zero-order valence-corrected chi connectivity index (χ0v) is 17.9. The van der Waals surface area contributed by atoms with Crippen molar-refractivity contribution in [1.29, 1.82) is 0 Å². The molecule has 0 saturated heterocycles. The molecule has 0 bridgehead atoms. The van der Waals surface area contributed by atoms with Gasteiger partial charge in [-0.05, 0) is 24.1 Å². The number of rotatable bonds is 7. The Morgan fingerprint density at radius 2 is 1.97 bits per heavy atom. The van der Waals surface area contributed by atoms with Gasteiger partial charge in [-0.1, -0.05) is 25.1 Å². The van der Waals surface area contributed by atoms with Crippen LogP contribution < -0.4 is 9.64 Å². The number of hydrogen-bond donors (Lipinski definition) is 0. The highest BCUT2D eigenvalue weighted by Crippen LogP contribution is 2.39. The van der Waals surface area contributed by atoms with Gasteiger partial charge in [-0.2, -0.15) is 13.2 Å². The van der Waals surface area contributed by atoms with Crippen LogP contribution in [0.1, 0.15) is 30.7 Å². The third-order valence-electron chi connectivity index (χ3n) is 4.51. The number of carbonyl (C=O) groups is 1. The van der Waals surface area contributed by atoms with Crippen LogP contribution in [0.2, 0.25) is 0 Å². The summed E-state index contributed by atoms with van der Waals surface area (Å²) in [4.78, 5) is 28.0. The second kappa shape index (κ2) is 9.35. The van der Waals surface area contributed by atoms with Gasteiger partial charge < -0.3 is 4.74 Å². The molecule has 168 valence electrons. The number of benzene rings is 2. The summed E-state index contributed by atoms with van der Waals surface area (Å²) < 4.78 is 45.2. The molecule has 0 N–H and O–H groups in total. The molecule has 0 aliphatic carbocycles. The number of alkyl halides is 3. The summed E-state index contributed by atoms with van der Waals surface area (Å²) >= 11 is 1.15. The van der Waals surface area contributed by atoms with Crippen LogP contribution in [0.15, 0.2) is 47.8 Å². The van der Waals surface area contributed by atoms with Crippen molar-refractivity contribution in [3.63, 3.8) is 0 Å². The first kappa shape index (κ1) is 23.2. The van der Waals surface area contributed by atoms with Crippen molar-refractivity contribution in [1.82, 2.24) is 4.98 Å². The third-order valence-corrected chi connectivity index (χ3v) is 5.39. The van der Waals surface area contributed by atoms with Crippen LogP contribution in [0.5, 0.6) is 5.75 Å². The lowest BCUT2D eigenvalue weighted by Crippen LogP contribution is -2.23. The van der Waals surface area contributed by atoms with Gasteiger partial charge in [-0.25, -0.2) is 4.98 Å². The van der Waals surface area contributed by atoms with Crippen LogP contribution in [-0.2, 0) is 24.0 Å². The number of carbonyl (C=O) groups excluding carboxylic acids is 1. The molecule has 0 radical (unpaired) electrons.